The zero-order chi connectivity index (χ0) is 11.1. The van der Waals surface area contributed by atoms with Gasteiger partial charge in [0.25, 0.3) is 0 Å². The summed E-state index contributed by atoms with van der Waals surface area (Å²) in [4.78, 5) is 11.0. The van der Waals surface area contributed by atoms with Crippen LogP contribution in [0.5, 0.6) is 5.75 Å². The van der Waals surface area contributed by atoms with Gasteiger partial charge in [0.15, 0.2) is 0 Å². The number of benzene rings is 1. The third kappa shape index (κ3) is 2.03. The molecule has 0 spiro atoms. The van der Waals surface area contributed by atoms with Crippen LogP contribution < -0.4 is 4.74 Å². The van der Waals surface area contributed by atoms with E-state index in [9.17, 15) is 18.0 Å². The van der Waals surface area contributed by atoms with Crippen molar-refractivity contribution >= 4 is 5.97 Å². The SMILES string of the molecule is O=C1OCc2cc(OC(F)(F)F)ccc21. The smallest absolute Gasteiger partial charge is 0.457 e. The van der Waals surface area contributed by atoms with Crippen LogP contribution in [-0.4, -0.2) is 12.3 Å². The number of halogens is 3. The summed E-state index contributed by atoms with van der Waals surface area (Å²) in [5.41, 5.74) is 0.686. The lowest BCUT2D eigenvalue weighted by molar-refractivity contribution is -0.274. The second-order valence-electron chi connectivity index (χ2n) is 2.94. The van der Waals surface area contributed by atoms with Crippen LogP contribution in [0.25, 0.3) is 0 Å². The van der Waals surface area contributed by atoms with Gasteiger partial charge < -0.3 is 9.47 Å². The monoisotopic (exact) mass is 218 g/mol. The van der Waals surface area contributed by atoms with Gasteiger partial charge in [-0.25, -0.2) is 4.79 Å². The van der Waals surface area contributed by atoms with Gasteiger partial charge in [0.1, 0.15) is 12.4 Å². The van der Waals surface area contributed by atoms with E-state index < -0.39 is 12.3 Å². The van der Waals surface area contributed by atoms with Crippen LogP contribution in [0.2, 0.25) is 0 Å². The van der Waals surface area contributed by atoms with Gasteiger partial charge in [0.05, 0.1) is 5.56 Å². The number of carbonyl (C=O) groups is 1. The van der Waals surface area contributed by atoms with E-state index in [4.69, 9.17) is 0 Å². The summed E-state index contributed by atoms with van der Waals surface area (Å²) < 4.78 is 43.9. The Morgan fingerprint density at radius 3 is 2.73 bits per heavy atom. The van der Waals surface area contributed by atoms with E-state index in [-0.39, 0.29) is 17.9 Å². The normalized spacial score (nSPS) is 14.7. The third-order valence-corrected chi connectivity index (χ3v) is 1.89. The molecule has 0 atom stereocenters. The van der Waals surface area contributed by atoms with E-state index >= 15 is 0 Å². The highest BCUT2D eigenvalue weighted by Gasteiger charge is 2.32. The predicted octanol–water partition coefficient (Wildman–Crippen LogP) is 2.26. The van der Waals surface area contributed by atoms with Crippen molar-refractivity contribution in [1.29, 1.82) is 0 Å². The number of esters is 1. The Bertz CT molecular complexity index is 412. The van der Waals surface area contributed by atoms with Crippen LogP contribution in [0.4, 0.5) is 13.2 Å². The Labute approximate surface area is 82.4 Å². The molecule has 0 aromatic heterocycles. The van der Waals surface area contributed by atoms with Crippen molar-refractivity contribution < 1.29 is 27.4 Å². The topological polar surface area (TPSA) is 35.5 Å². The van der Waals surface area contributed by atoms with Crippen molar-refractivity contribution in [2.75, 3.05) is 0 Å². The van der Waals surface area contributed by atoms with E-state index in [0.717, 1.165) is 12.1 Å². The molecule has 1 aliphatic rings. The molecule has 2 rings (SSSR count). The van der Waals surface area contributed by atoms with Gasteiger partial charge in [0, 0.05) is 5.56 Å². The summed E-state index contributed by atoms with van der Waals surface area (Å²) in [6.07, 6.45) is -4.72. The maximum absolute atomic E-state index is 11.8. The number of hydrogen-bond donors (Lipinski definition) is 0. The Hall–Kier alpha value is -1.72. The fraction of sp³-hybridized carbons (Fsp3) is 0.222. The van der Waals surface area contributed by atoms with Gasteiger partial charge >= 0.3 is 12.3 Å². The van der Waals surface area contributed by atoms with Crippen molar-refractivity contribution in [3.05, 3.63) is 29.3 Å². The van der Waals surface area contributed by atoms with Crippen molar-refractivity contribution in [3.8, 4) is 5.75 Å². The minimum Gasteiger partial charge on any atom is -0.457 e. The highest BCUT2D eigenvalue weighted by atomic mass is 19.4. The molecule has 1 aliphatic heterocycles. The fourth-order valence-electron chi connectivity index (χ4n) is 1.31. The molecule has 0 N–H and O–H groups in total. The zero-order valence-electron chi connectivity index (χ0n) is 7.30. The Kier molecular flexibility index (Phi) is 2.06. The van der Waals surface area contributed by atoms with E-state index in [1.54, 1.807) is 0 Å². The molecule has 0 unspecified atom stereocenters. The summed E-state index contributed by atoms with van der Waals surface area (Å²) in [6.45, 7) is -0.0107. The lowest BCUT2D eigenvalue weighted by Gasteiger charge is -2.08. The predicted molar refractivity (Wildman–Crippen MR) is 42.2 cm³/mol. The molecular weight excluding hydrogens is 213 g/mol. The summed E-state index contributed by atoms with van der Waals surface area (Å²) in [7, 11) is 0. The fourth-order valence-corrected chi connectivity index (χ4v) is 1.31. The van der Waals surface area contributed by atoms with E-state index in [1.807, 2.05) is 0 Å². The highest BCUT2D eigenvalue weighted by molar-refractivity contribution is 5.93. The number of cyclic esters (lactones) is 1. The molecule has 0 aliphatic carbocycles. The van der Waals surface area contributed by atoms with E-state index in [0.29, 0.717) is 5.56 Å². The van der Waals surface area contributed by atoms with E-state index in [2.05, 4.69) is 9.47 Å². The molecule has 0 amide bonds. The number of fused-ring (bicyclic) bond motifs is 1. The molecule has 0 bridgehead atoms. The zero-order valence-corrected chi connectivity index (χ0v) is 7.30. The molecule has 80 valence electrons. The Morgan fingerprint density at radius 2 is 2.07 bits per heavy atom. The summed E-state index contributed by atoms with van der Waals surface area (Å²) in [6, 6.07) is 3.48. The molecule has 1 heterocycles. The number of alkyl halides is 3. The molecule has 1 aromatic rings. The van der Waals surface area contributed by atoms with Gasteiger partial charge in [-0.2, -0.15) is 0 Å². The van der Waals surface area contributed by atoms with Gasteiger partial charge in [-0.1, -0.05) is 0 Å². The molecular formula is C9H5F3O3. The minimum absolute atomic E-state index is 0.0107. The van der Waals surface area contributed by atoms with Gasteiger partial charge in [-0.05, 0) is 18.2 Å². The quantitative estimate of drug-likeness (QED) is 0.678. The van der Waals surface area contributed by atoms with Gasteiger partial charge in [-0.3, -0.25) is 0 Å². The first-order chi connectivity index (χ1) is 6.96. The van der Waals surface area contributed by atoms with Gasteiger partial charge in [-0.15, -0.1) is 13.2 Å². The molecule has 1 aromatic carbocycles. The average Bonchev–Trinajstić information content (AvgIpc) is 2.45. The van der Waals surface area contributed by atoms with Crippen molar-refractivity contribution in [2.45, 2.75) is 13.0 Å². The Morgan fingerprint density at radius 1 is 1.33 bits per heavy atom. The molecule has 0 saturated carbocycles. The molecule has 15 heavy (non-hydrogen) atoms. The third-order valence-electron chi connectivity index (χ3n) is 1.89. The van der Waals surface area contributed by atoms with Crippen LogP contribution >= 0.6 is 0 Å². The maximum Gasteiger partial charge on any atom is 0.573 e. The second-order valence-corrected chi connectivity index (χ2v) is 2.94. The molecule has 0 radical (unpaired) electrons. The number of hydrogen-bond acceptors (Lipinski definition) is 3. The standard InChI is InChI=1S/C9H5F3O3/c10-9(11,12)15-6-1-2-7-5(3-6)4-14-8(7)13/h1-3H,4H2. The first-order valence-electron chi connectivity index (χ1n) is 4.01. The number of carbonyl (C=O) groups excluding carboxylic acids is 1. The van der Waals surface area contributed by atoms with Crippen molar-refractivity contribution in [3.63, 3.8) is 0 Å². The Balaban J connectivity index is 2.27. The van der Waals surface area contributed by atoms with Crippen LogP contribution in [0.1, 0.15) is 15.9 Å². The molecule has 6 heteroatoms. The van der Waals surface area contributed by atoms with Crippen molar-refractivity contribution in [1.82, 2.24) is 0 Å². The molecule has 0 fully saturated rings. The summed E-state index contributed by atoms with van der Waals surface area (Å²) in [5, 5.41) is 0. The van der Waals surface area contributed by atoms with E-state index in [1.165, 1.54) is 6.07 Å². The van der Waals surface area contributed by atoms with Crippen LogP contribution in [-0.2, 0) is 11.3 Å². The lowest BCUT2D eigenvalue weighted by atomic mass is 10.1. The first-order valence-corrected chi connectivity index (χ1v) is 4.01. The van der Waals surface area contributed by atoms with Crippen LogP contribution in [0, 0.1) is 0 Å². The second kappa shape index (κ2) is 3.15. The van der Waals surface area contributed by atoms with Crippen LogP contribution in [0.15, 0.2) is 18.2 Å². The first kappa shape index (κ1) is 9.82. The number of rotatable bonds is 1. The lowest BCUT2D eigenvalue weighted by Crippen LogP contribution is -2.17. The number of ether oxygens (including phenoxy) is 2. The van der Waals surface area contributed by atoms with Crippen molar-refractivity contribution in [2.24, 2.45) is 0 Å². The largest absolute Gasteiger partial charge is 0.573 e. The minimum atomic E-state index is -4.72. The van der Waals surface area contributed by atoms with Crippen LogP contribution in [0.3, 0.4) is 0 Å². The summed E-state index contributed by atoms with van der Waals surface area (Å²) in [5.74, 6) is -0.872. The molecule has 3 nitrogen and oxygen atoms in total. The highest BCUT2D eigenvalue weighted by Crippen LogP contribution is 2.28. The maximum atomic E-state index is 11.8. The molecule has 0 saturated heterocycles. The summed E-state index contributed by atoms with van der Waals surface area (Å²) >= 11 is 0. The van der Waals surface area contributed by atoms with Gasteiger partial charge in [0.2, 0.25) is 0 Å². The average molecular weight is 218 g/mol.